The van der Waals surface area contributed by atoms with Gasteiger partial charge in [-0.1, -0.05) is 84.2 Å². The molecule has 6 rings (SSSR count). The lowest BCUT2D eigenvalue weighted by atomic mass is 10.1. The Labute approximate surface area is 172 Å². The molecule has 0 bridgehead atoms. The molecule has 0 saturated carbocycles. The van der Waals surface area contributed by atoms with Crippen LogP contribution < -0.4 is 0 Å². The normalized spacial score (nSPS) is 12.0. The minimum Gasteiger partial charge on any atom is -0.248 e. The monoisotopic (exact) mass is 395 g/mol. The van der Waals surface area contributed by atoms with Gasteiger partial charge in [-0.05, 0) is 42.5 Å². The molecule has 0 unspecified atom stereocenters. The number of para-hydroxylation sites is 2. The van der Waals surface area contributed by atoms with Crippen LogP contribution in [0.3, 0.4) is 0 Å². The van der Waals surface area contributed by atoms with Crippen molar-refractivity contribution < 1.29 is 0 Å². The SMILES string of the molecule is c1ccc2c(c1)Sc1ccccc1S2.c1ccc2nc3ccccc3cc2c1. The molecule has 4 aromatic carbocycles. The Morgan fingerprint density at radius 2 is 0.786 bits per heavy atom. The molecular weight excluding hydrogens is 378 g/mol. The molecule has 0 amide bonds. The maximum Gasteiger partial charge on any atom is 0.0709 e. The van der Waals surface area contributed by atoms with Gasteiger partial charge in [-0.2, -0.15) is 0 Å². The minimum atomic E-state index is 1.06. The Hall–Kier alpha value is -2.75. The fourth-order valence-electron chi connectivity index (χ4n) is 3.19. The number of aromatic nitrogens is 1. The molecule has 1 aliphatic heterocycles. The Balaban J connectivity index is 0.000000122. The number of rotatable bonds is 0. The first-order valence-corrected chi connectivity index (χ1v) is 10.8. The first-order chi connectivity index (χ1) is 13.9. The van der Waals surface area contributed by atoms with Crippen molar-refractivity contribution in [3.05, 3.63) is 103 Å². The van der Waals surface area contributed by atoms with E-state index >= 15 is 0 Å². The molecule has 3 heteroatoms. The molecule has 2 heterocycles. The highest BCUT2D eigenvalue weighted by Crippen LogP contribution is 2.47. The van der Waals surface area contributed by atoms with Crippen molar-refractivity contribution in [1.29, 1.82) is 0 Å². The van der Waals surface area contributed by atoms with E-state index in [1.807, 2.05) is 59.9 Å². The van der Waals surface area contributed by atoms with E-state index in [1.54, 1.807) is 0 Å². The van der Waals surface area contributed by atoms with Crippen molar-refractivity contribution >= 4 is 45.3 Å². The molecule has 1 aliphatic rings. The van der Waals surface area contributed by atoms with Crippen molar-refractivity contribution in [2.24, 2.45) is 0 Å². The molecule has 0 N–H and O–H groups in total. The van der Waals surface area contributed by atoms with Gasteiger partial charge in [-0.25, -0.2) is 4.98 Å². The molecular formula is C25H17NS2. The summed E-state index contributed by atoms with van der Waals surface area (Å²) in [5.74, 6) is 0. The lowest BCUT2D eigenvalue weighted by Gasteiger charge is -2.17. The number of pyridine rings is 1. The summed E-state index contributed by atoms with van der Waals surface area (Å²) in [5, 5.41) is 2.40. The summed E-state index contributed by atoms with van der Waals surface area (Å²) in [4.78, 5) is 10.1. The van der Waals surface area contributed by atoms with Gasteiger partial charge in [0.2, 0.25) is 0 Å². The van der Waals surface area contributed by atoms with E-state index in [2.05, 4.69) is 71.7 Å². The van der Waals surface area contributed by atoms with Gasteiger partial charge in [-0.3, -0.25) is 0 Å². The molecule has 0 saturated heterocycles. The van der Waals surface area contributed by atoms with Crippen molar-refractivity contribution in [3.63, 3.8) is 0 Å². The second-order valence-electron chi connectivity index (χ2n) is 6.47. The third-order valence-corrected chi connectivity index (χ3v) is 7.13. The van der Waals surface area contributed by atoms with Gasteiger partial charge < -0.3 is 0 Å². The summed E-state index contributed by atoms with van der Waals surface area (Å²) >= 11 is 3.72. The third-order valence-electron chi connectivity index (χ3n) is 4.56. The van der Waals surface area contributed by atoms with Gasteiger partial charge in [0, 0.05) is 30.4 Å². The van der Waals surface area contributed by atoms with Crippen molar-refractivity contribution in [2.75, 3.05) is 0 Å². The zero-order valence-corrected chi connectivity index (χ0v) is 16.7. The Morgan fingerprint density at radius 3 is 1.21 bits per heavy atom. The van der Waals surface area contributed by atoms with Crippen LogP contribution >= 0.6 is 23.5 Å². The summed E-state index contributed by atoms with van der Waals surface area (Å²) in [5.41, 5.74) is 2.12. The average molecular weight is 396 g/mol. The highest BCUT2D eigenvalue weighted by molar-refractivity contribution is 8.05. The lowest BCUT2D eigenvalue weighted by molar-refractivity contribution is 1.16. The number of hydrogen-bond donors (Lipinski definition) is 0. The highest BCUT2D eigenvalue weighted by atomic mass is 32.2. The smallest absolute Gasteiger partial charge is 0.0709 e. The fourth-order valence-corrected chi connectivity index (χ4v) is 5.43. The standard InChI is InChI=1S/C13H9N.C12H8S2/c1-3-7-12-10(5-1)9-11-6-2-4-8-13(11)14-12;1-2-6-10-9(5-1)13-11-7-3-4-8-12(11)14-10/h1-9H;1-8H. The summed E-state index contributed by atoms with van der Waals surface area (Å²) in [7, 11) is 0. The number of fused-ring (bicyclic) bond motifs is 4. The number of nitrogens with zero attached hydrogens (tertiary/aromatic N) is 1. The molecule has 134 valence electrons. The van der Waals surface area contributed by atoms with E-state index in [-0.39, 0.29) is 0 Å². The second kappa shape index (κ2) is 7.70. The van der Waals surface area contributed by atoms with Crippen LogP contribution in [0.25, 0.3) is 21.8 Å². The van der Waals surface area contributed by atoms with E-state index < -0.39 is 0 Å². The molecule has 0 atom stereocenters. The Kier molecular flexibility index (Phi) is 4.78. The van der Waals surface area contributed by atoms with E-state index in [9.17, 15) is 0 Å². The van der Waals surface area contributed by atoms with E-state index in [0.717, 1.165) is 11.0 Å². The number of benzene rings is 4. The van der Waals surface area contributed by atoms with Crippen LogP contribution in [-0.4, -0.2) is 4.98 Å². The molecule has 0 aliphatic carbocycles. The fraction of sp³-hybridized carbons (Fsp3) is 0. The van der Waals surface area contributed by atoms with Gasteiger partial charge in [-0.15, -0.1) is 0 Å². The summed E-state index contributed by atoms with van der Waals surface area (Å²) in [6.07, 6.45) is 0. The lowest BCUT2D eigenvalue weighted by Crippen LogP contribution is -1.87. The minimum absolute atomic E-state index is 1.06. The third kappa shape index (κ3) is 3.51. The number of hydrogen-bond acceptors (Lipinski definition) is 3. The maximum atomic E-state index is 4.58. The molecule has 5 aromatic rings. The highest BCUT2D eigenvalue weighted by Gasteiger charge is 2.14. The molecule has 0 fully saturated rings. The first-order valence-electron chi connectivity index (χ1n) is 9.15. The van der Waals surface area contributed by atoms with Gasteiger partial charge in [0.1, 0.15) is 0 Å². The van der Waals surface area contributed by atoms with Crippen LogP contribution in [0.1, 0.15) is 0 Å². The van der Waals surface area contributed by atoms with Crippen molar-refractivity contribution in [1.82, 2.24) is 4.98 Å². The Morgan fingerprint density at radius 1 is 0.429 bits per heavy atom. The topological polar surface area (TPSA) is 12.9 Å². The van der Waals surface area contributed by atoms with Gasteiger partial charge in [0.05, 0.1) is 11.0 Å². The van der Waals surface area contributed by atoms with Crippen LogP contribution in [0.15, 0.2) is 123 Å². The summed E-state index contributed by atoms with van der Waals surface area (Å²) in [6.45, 7) is 0. The van der Waals surface area contributed by atoms with Crippen LogP contribution in [0.2, 0.25) is 0 Å². The largest absolute Gasteiger partial charge is 0.248 e. The van der Waals surface area contributed by atoms with Crippen LogP contribution in [0.4, 0.5) is 0 Å². The van der Waals surface area contributed by atoms with Gasteiger partial charge in [0.25, 0.3) is 0 Å². The first kappa shape index (κ1) is 17.4. The predicted octanol–water partition coefficient (Wildman–Crippen LogP) is 7.69. The van der Waals surface area contributed by atoms with Crippen LogP contribution in [-0.2, 0) is 0 Å². The van der Waals surface area contributed by atoms with E-state index in [4.69, 9.17) is 0 Å². The van der Waals surface area contributed by atoms with Crippen LogP contribution in [0.5, 0.6) is 0 Å². The molecule has 28 heavy (non-hydrogen) atoms. The average Bonchev–Trinajstić information content (AvgIpc) is 2.76. The van der Waals surface area contributed by atoms with E-state index in [0.29, 0.717) is 0 Å². The van der Waals surface area contributed by atoms with Gasteiger partial charge in [0.15, 0.2) is 0 Å². The predicted molar refractivity (Wildman–Crippen MR) is 120 cm³/mol. The van der Waals surface area contributed by atoms with Crippen LogP contribution in [0, 0.1) is 0 Å². The zero-order valence-electron chi connectivity index (χ0n) is 15.1. The molecule has 0 spiro atoms. The van der Waals surface area contributed by atoms with Crippen molar-refractivity contribution in [3.8, 4) is 0 Å². The summed E-state index contributed by atoms with van der Waals surface area (Å²) < 4.78 is 0. The quantitative estimate of drug-likeness (QED) is 0.245. The molecule has 0 radical (unpaired) electrons. The van der Waals surface area contributed by atoms with Gasteiger partial charge >= 0.3 is 0 Å². The van der Waals surface area contributed by atoms with Crippen molar-refractivity contribution in [2.45, 2.75) is 19.6 Å². The maximum absolute atomic E-state index is 4.58. The zero-order chi connectivity index (χ0) is 18.8. The second-order valence-corrected chi connectivity index (χ2v) is 8.64. The summed E-state index contributed by atoms with van der Waals surface area (Å²) in [6, 6.07) is 35.7. The Bertz CT molecular complexity index is 1090. The molecule has 1 nitrogen and oxygen atoms in total. The molecule has 1 aromatic heterocycles. The van der Waals surface area contributed by atoms with E-state index in [1.165, 1.54) is 30.4 Å².